The van der Waals surface area contributed by atoms with Crippen LogP contribution < -0.4 is 10.9 Å². The van der Waals surface area contributed by atoms with E-state index >= 15 is 0 Å². The number of benzene rings is 1. The summed E-state index contributed by atoms with van der Waals surface area (Å²) < 4.78 is 7.47. The summed E-state index contributed by atoms with van der Waals surface area (Å²) in [6, 6.07) is 9.11. The third-order valence-electron chi connectivity index (χ3n) is 6.74. The first-order chi connectivity index (χ1) is 15.7. The fourth-order valence-electron chi connectivity index (χ4n) is 4.97. The van der Waals surface area contributed by atoms with Crippen LogP contribution in [0.3, 0.4) is 0 Å². The lowest BCUT2D eigenvalue weighted by atomic mass is 10.1. The van der Waals surface area contributed by atoms with Gasteiger partial charge in [-0.05, 0) is 69.1 Å². The average molecular weight is 435 g/mol. The highest BCUT2D eigenvalue weighted by Gasteiger charge is 2.26. The van der Waals surface area contributed by atoms with Gasteiger partial charge in [-0.15, -0.1) is 0 Å². The van der Waals surface area contributed by atoms with Gasteiger partial charge in [0.25, 0.3) is 11.5 Å². The second-order valence-corrected chi connectivity index (χ2v) is 8.87. The van der Waals surface area contributed by atoms with Gasteiger partial charge in [-0.3, -0.25) is 19.1 Å². The first kappa shape index (κ1) is 20.9. The molecule has 0 unspecified atom stereocenters. The van der Waals surface area contributed by atoms with Crippen LogP contribution in [0, 0.1) is 0 Å². The minimum absolute atomic E-state index is 0.00535. The summed E-state index contributed by atoms with van der Waals surface area (Å²) in [4.78, 5) is 33.1. The summed E-state index contributed by atoms with van der Waals surface area (Å²) in [6.45, 7) is 3.22. The van der Waals surface area contributed by atoms with E-state index in [0.717, 1.165) is 56.9 Å². The number of carbonyl (C=O) groups excluding carboxylic acids is 1. The highest BCUT2D eigenvalue weighted by molar-refractivity contribution is 5.97. The molecule has 0 aliphatic carbocycles. The SMILES string of the molecule is O=C(NC[C@@H](c1ccco1)N1CCCC1)c1ccc2c(=O)n3c(nc2c1)CCCCCC3. The predicted molar refractivity (Wildman–Crippen MR) is 123 cm³/mol. The van der Waals surface area contributed by atoms with E-state index in [1.54, 1.807) is 24.5 Å². The van der Waals surface area contributed by atoms with Gasteiger partial charge in [0.1, 0.15) is 11.6 Å². The lowest BCUT2D eigenvalue weighted by Crippen LogP contribution is -2.36. The van der Waals surface area contributed by atoms with Crippen molar-refractivity contribution in [2.45, 2.75) is 57.5 Å². The number of aryl methyl sites for hydroxylation is 1. The van der Waals surface area contributed by atoms with E-state index in [9.17, 15) is 9.59 Å². The van der Waals surface area contributed by atoms with Crippen molar-refractivity contribution in [3.8, 4) is 0 Å². The molecule has 7 nitrogen and oxygen atoms in total. The van der Waals surface area contributed by atoms with E-state index < -0.39 is 0 Å². The molecule has 168 valence electrons. The van der Waals surface area contributed by atoms with E-state index in [1.807, 2.05) is 16.7 Å². The summed E-state index contributed by atoms with van der Waals surface area (Å²) in [5, 5.41) is 3.65. The fraction of sp³-hybridized carbons (Fsp3) is 0.480. The highest BCUT2D eigenvalue weighted by atomic mass is 16.3. The molecule has 32 heavy (non-hydrogen) atoms. The Bertz CT molecular complexity index is 1150. The lowest BCUT2D eigenvalue weighted by molar-refractivity contribution is 0.0934. The van der Waals surface area contributed by atoms with E-state index in [1.165, 1.54) is 19.3 Å². The second-order valence-electron chi connectivity index (χ2n) is 8.87. The highest BCUT2D eigenvalue weighted by Crippen LogP contribution is 2.25. The molecule has 0 bridgehead atoms. The molecule has 1 atom stereocenters. The molecule has 1 aromatic carbocycles. The fourth-order valence-corrected chi connectivity index (χ4v) is 4.97. The summed E-state index contributed by atoms with van der Waals surface area (Å²) >= 11 is 0. The zero-order valence-electron chi connectivity index (χ0n) is 18.4. The maximum Gasteiger partial charge on any atom is 0.261 e. The number of rotatable bonds is 5. The molecule has 0 radical (unpaired) electrons. The molecule has 2 aliphatic rings. The molecule has 1 amide bonds. The molecule has 0 spiro atoms. The Kier molecular flexibility index (Phi) is 6.08. The van der Waals surface area contributed by atoms with Gasteiger partial charge in [-0.2, -0.15) is 0 Å². The Morgan fingerprint density at radius 1 is 1.06 bits per heavy atom. The van der Waals surface area contributed by atoms with Crippen molar-refractivity contribution in [3.05, 3.63) is 64.1 Å². The van der Waals surface area contributed by atoms with Crippen molar-refractivity contribution >= 4 is 16.8 Å². The monoisotopic (exact) mass is 434 g/mol. The number of hydrogen-bond acceptors (Lipinski definition) is 5. The molecular formula is C25H30N4O3. The molecule has 1 saturated heterocycles. The van der Waals surface area contributed by atoms with Crippen molar-refractivity contribution in [2.24, 2.45) is 0 Å². The van der Waals surface area contributed by atoms with E-state index in [4.69, 9.17) is 9.40 Å². The van der Waals surface area contributed by atoms with Crippen molar-refractivity contribution in [3.63, 3.8) is 0 Å². The van der Waals surface area contributed by atoms with Crippen LogP contribution in [0.25, 0.3) is 10.9 Å². The van der Waals surface area contributed by atoms with Crippen LogP contribution in [0.5, 0.6) is 0 Å². The molecule has 5 rings (SSSR count). The van der Waals surface area contributed by atoms with Crippen LogP contribution >= 0.6 is 0 Å². The Balaban J connectivity index is 1.37. The third-order valence-corrected chi connectivity index (χ3v) is 6.74. The molecular weight excluding hydrogens is 404 g/mol. The lowest BCUT2D eigenvalue weighted by Gasteiger charge is -2.26. The maximum atomic E-state index is 13.0. The van der Waals surface area contributed by atoms with Crippen LogP contribution in [0.2, 0.25) is 0 Å². The van der Waals surface area contributed by atoms with Gasteiger partial charge in [0.05, 0.1) is 23.2 Å². The average Bonchev–Trinajstić information content (AvgIpc) is 3.50. The van der Waals surface area contributed by atoms with Crippen molar-refractivity contribution in [1.82, 2.24) is 19.8 Å². The molecule has 7 heteroatoms. The van der Waals surface area contributed by atoms with Crippen LogP contribution in [0.4, 0.5) is 0 Å². The molecule has 2 aliphatic heterocycles. The van der Waals surface area contributed by atoms with Gasteiger partial charge in [-0.25, -0.2) is 4.98 Å². The number of carbonyl (C=O) groups is 1. The first-order valence-corrected chi connectivity index (χ1v) is 11.8. The number of likely N-dealkylation sites (tertiary alicyclic amines) is 1. The predicted octanol–water partition coefficient (Wildman–Crippen LogP) is 3.67. The molecule has 3 aromatic rings. The summed E-state index contributed by atoms with van der Waals surface area (Å²) in [7, 11) is 0. The van der Waals surface area contributed by atoms with E-state index in [0.29, 0.717) is 23.0 Å². The normalized spacial score (nSPS) is 18.1. The number of hydrogen-bond donors (Lipinski definition) is 1. The van der Waals surface area contributed by atoms with Crippen LogP contribution in [0.15, 0.2) is 45.8 Å². The summed E-state index contributed by atoms with van der Waals surface area (Å²) in [5.41, 5.74) is 1.14. The topological polar surface area (TPSA) is 80.4 Å². The number of amides is 1. The van der Waals surface area contributed by atoms with Crippen LogP contribution in [0.1, 0.15) is 66.5 Å². The molecule has 1 N–H and O–H groups in total. The van der Waals surface area contributed by atoms with Crippen LogP contribution in [-0.2, 0) is 13.0 Å². The molecule has 4 heterocycles. The molecule has 1 fully saturated rings. The van der Waals surface area contributed by atoms with Gasteiger partial charge >= 0.3 is 0 Å². The minimum atomic E-state index is -0.156. The Labute approximate surface area is 187 Å². The number of furan rings is 1. The standard InChI is InChI=1S/C25H30N4O3/c30-24(26-17-21(22-8-7-15-32-22)28-12-5-6-13-28)18-10-11-19-20(16-18)27-23-9-3-1-2-4-14-29(23)25(19)31/h7-8,10-11,15-16,21H,1-6,9,12-14,17H2,(H,26,30)/t21-/m0/s1. The Hall–Kier alpha value is -2.93. The zero-order valence-corrected chi connectivity index (χ0v) is 18.4. The smallest absolute Gasteiger partial charge is 0.261 e. The van der Waals surface area contributed by atoms with Crippen molar-refractivity contribution in [1.29, 1.82) is 0 Å². The second kappa shape index (κ2) is 9.28. The number of aromatic nitrogens is 2. The largest absolute Gasteiger partial charge is 0.468 e. The number of nitrogens with zero attached hydrogens (tertiary/aromatic N) is 3. The maximum absolute atomic E-state index is 13.0. The number of fused-ring (bicyclic) bond motifs is 2. The Morgan fingerprint density at radius 2 is 1.88 bits per heavy atom. The van der Waals surface area contributed by atoms with Gasteiger partial charge in [-0.1, -0.05) is 12.8 Å². The van der Waals surface area contributed by atoms with Crippen molar-refractivity contribution in [2.75, 3.05) is 19.6 Å². The number of nitrogens with one attached hydrogen (secondary N) is 1. The van der Waals surface area contributed by atoms with E-state index in [-0.39, 0.29) is 17.5 Å². The molecule has 0 saturated carbocycles. The van der Waals surface area contributed by atoms with Crippen molar-refractivity contribution < 1.29 is 9.21 Å². The van der Waals surface area contributed by atoms with E-state index in [2.05, 4.69) is 10.2 Å². The van der Waals surface area contributed by atoms with Gasteiger partial charge in [0, 0.05) is 25.1 Å². The Morgan fingerprint density at radius 3 is 2.69 bits per heavy atom. The van der Waals surface area contributed by atoms with Gasteiger partial charge < -0.3 is 9.73 Å². The summed E-state index contributed by atoms with van der Waals surface area (Å²) in [6.07, 6.45) is 9.20. The summed E-state index contributed by atoms with van der Waals surface area (Å²) in [5.74, 6) is 1.56. The van der Waals surface area contributed by atoms with Gasteiger partial charge in [0.2, 0.25) is 0 Å². The first-order valence-electron chi connectivity index (χ1n) is 11.8. The zero-order chi connectivity index (χ0) is 21.9. The van der Waals surface area contributed by atoms with Gasteiger partial charge in [0.15, 0.2) is 0 Å². The minimum Gasteiger partial charge on any atom is -0.468 e. The quantitative estimate of drug-likeness (QED) is 0.663. The third kappa shape index (κ3) is 4.21. The van der Waals surface area contributed by atoms with Crippen LogP contribution in [-0.4, -0.2) is 40.0 Å². The molecule has 2 aromatic heterocycles.